The molecule has 0 saturated carbocycles. The van der Waals surface area contributed by atoms with Crippen LogP contribution < -0.4 is 0 Å². The van der Waals surface area contributed by atoms with Gasteiger partial charge in [-0.1, -0.05) is 23.4 Å². The van der Waals surface area contributed by atoms with Crippen LogP contribution in [0.1, 0.15) is 28.5 Å². The van der Waals surface area contributed by atoms with Gasteiger partial charge in [0.1, 0.15) is 0 Å². The lowest BCUT2D eigenvalue weighted by Crippen LogP contribution is -2.03. The second-order valence-corrected chi connectivity index (χ2v) is 4.45. The van der Waals surface area contributed by atoms with Crippen LogP contribution in [0.25, 0.3) is 0 Å². The van der Waals surface area contributed by atoms with E-state index in [-0.39, 0.29) is 0 Å². The smallest absolute Gasteiger partial charge is 0.0856 e. The third-order valence-electron chi connectivity index (χ3n) is 2.97. The highest BCUT2D eigenvalue weighted by atomic mass is 16.3. The van der Waals surface area contributed by atoms with Crippen molar-refractivity contribution in [2.24, 2.45) is 7.05 Å². The van der Waals surface area contributed by atoms with Crippen molar-refractivity contribution in [2.75, 3.05) is 0 Å². The molecule has 1 unspecified atom stereocenters. The van der Waals surface area contributed by atoms with Crippen molar-refractivity contribution in [2.45, 2.75) is 26.4 Å². The number of hydrogen-bond donors (Lipinski definition) is 1. The first-order chi connectivity index (χ1) is 8.06. The molecule has 2 rings (SSSR count). The number of aryl methyl sites for hydroxylation is 3. The van der Waals surface area contributed by atoms with Crippen LogP contribution in [-0.2, 0) is 13.5 Å². The Morgan fingerprint density at radius 2 is 2.06 bits per heavy atom. The Bertz CT molecular complexity index is 519. The van der Waals surface area contributed by atoms with Crippen LogP contribution in [0.2, 0.25) is 0 Å². The minimum atomic E-state index is -0.522. The monoisotopic (exact) mass is 231 g/mol. The standard InChI is InChI=1S/C13H17N3O/c1-9-4-5-11(6-10(9)2)13(17)7-12-8-16(3)15-14-12/h4-6,8,13,17H,7H2,1-3H3. The molecule has 1 aromatic heterocycles. The van der Waals surface area contributed by atoms with Crippen LogP contribution in [0.3, 0.4) is 0 Å². The Kier molecular flexibility index (Phi) is 3.24. The van der Waals surface area contributed by atoms with Gasteiger partial charge in [-0.25, -0.2) is 0 Å². The molecule has 4 heteroatoms. The van der Waals surface area contributed by atoms with E-state index in [0.717, 1.165) is 11.3 Å². The number of rotatable bonds is 3. The van der Waals surface area contributed by atoms with Gasteiger partial charge in [0.05, 0.1) is 11.8 Å². The Morgan fingerprint density at radius 3 is 2.65 bits per heavy atom. The van der Waals surface area contributed by atoms with Gasteiger partial charge >= 0.3 is 0 Å². The molecule has 0 saturated heterocycles. The summed E-state index contributed by atoms with van der Waals surface area (Å²) in [6.45, 7) is 4.11. The molecule has 1 aromatic carbocycles. The Hall–Kier alpha value is -1.68. The summed E-state index contributed by atoms with van der Waals surface area (Å²) in [6.07, 6.45) is 1.80. The number of hydrogen-bond acceptors (Lipinski definition) is 3. The molecule has 90 valence electrons. The summed E-state index contributed by atoms with van der Waals surface area (Å²) in [4.78, 5) is 0. The van der Waals surface area contributed by atoms with E-state index in [1.165, 1.54) is 11.1 Å². The van der Waals surface area contributed by atoms with Crippen molar-refractivity contribution < 1.29 is 5.11 Å². The minimum absolute atomic E-state index is 0.496. The maximum absolute atomic E-state index is 10.1. The number of nitrogens with zero attached hydrogens (tertiary/aromatic N) is 3. The molecule has 4 nitrogen and oxygen atoms in total. The van der Waals surface area contributed by atoms with Gasteiger partial charge in [0.2, 0.25) is 0 Å². The summed E-state index contributed by atoms with van der Waals surface area (Å²) < 4.78 is 1.64. The molecule has 1 atom stereocenters. The molecule has 0 aliphatic rings. The van der Waals surface area contributed by atoms with E-state index in [9.17, 15) is 5.11 Å². The zero-order valence-electron chi connectivity index (χ0n) is 10.4. The minimum Gasteiger partial charge on any atom is -0.388 e. The fourth-order valence-electron chi connectivity index (χ4n) is 1.78. The van der Waals surface area contributed by atoms with Gasteiger partial charge < -0.3 is 5.11 Å². The quantitative estimate of drug-likeness (QED) is 0.874. The van der Waals surface area contributed by atoms with Crippen LogP contribution in [-0.4, -0.2) is 20.1 Å². The average Bonchev–Trinajstić information content (AvgIpc) is 2.68. The van der Waals surface area contributed by atoms with Gasteiger partial charge in [0.15, 0.2) is 0 Å². The fraction of sp³-hybridized carbons (Fsp3) is 0.385. The molecule has 0 spiro atoms. The van der Waals surface area contributed by atoms with Crippen LogP contribution in [0.5, 0.6) is 0 Å². The molecule has 17 heavy (non-hydrogen) atoms. The predicted molar refractivity (Wildman–Crippen MR) is 65.6 cm³/mol. The summed E-state index contributed by atoms with van der Waals surface area (Å²) in [5.41, 5.74) is 4.16. The average molecular weight is 231 g/mol. The molecule has 0 aliphatic heterocycles. The Balaban J connectivity index is 2.14. The number of benzene rings is 1. The van der Waals surface area contributed by atoms with E-state index in [0.29, 0.717) is 6.42 Å². The molecule has 0 radical (unpaired) electrons. The van der Waals surface area contributed by atoms with E-state index in [1.54, 1.807) is 4.68 Å². The van der Waals surface area contributed by atoms with Gasteiger partial charge in [0, 0.05) is 19.7 Å². The fourth-order valence-corrected chi connectivity index (χ4v) is 1.78. The van der Waals surface area contributed by atoms with Gasteiger partial charge in [0.25, 0.3) is 0 Å². The van der Waals surface area contributed by atoms with E-state index in [2.05, 4.69) is 17.2 Å². The van der Waals surface area contributed by atoms with Crippen LogP contribution in [0.4, 0.5) is 0 Å². The van der Waals surface area contributed by atoms with Crippen LogP contribution in [0, 0.1) is 13.8 Å². The van der Waals surface area contributed by atoms with Crippen LogP contribution >= 0.6 is 0 Å². The molecular weight excluding hydrogens is 214 g/mol. The van der Waals surface area contributed by atoms with E-state index in [4.69, 9.17) is 0 Å². The molecule has 2 aromatic rings. The highest BCUT2D eigenvalue weighted by Crippen LogP contribution is 2.19. The highest BCUT2D eigenvalue weighted by Gasteiger charge is 2.11. The van der Waals surface area contributed by atoms with Gasteiger partial charge in [-0.3, -0.25) is 4.68 Å². The van der Waals surface area contributed by atoms with Crippen molar-refractivity contribution >= 4 is 0 Å². The molecule has 0 amide bonds. The number of aliphatic hydroxyl groups is 1. The van der Waals surface area contributed by atoms with Gasteiger partial charge in [-0.05, 0) is 30.5 Å². The molecule has 0 aliphatic carbocycles. The summed E-state index contributed by atoms with van der Waals surface area (Å²) in [7, 11) is 1.82. The number of aliphatic hydroxyl groups excluding tert-OH is 1. The van der Waals surface area contributed by atoms with Crippen molar-refractivity contribution in [1.29, 1.82) is 0 Å². The van der Waals surface area contributed by atoms with Crippen molar-refractivity contribution in [3.05, 3.63) is 46.8 Å². The summed E-state index contributed by atoms with van der Waals surface area (Å²) in [5, 5.41) is 17.9. The summed E-state index contributed by atoms with van der Waals surface area (Å²) in [6, 6.07) is 6.02. The second kappa shape index (κ2) is 4.67. The second-order valence-electron chi connectivity index (χ2n) is 4.45. The lowest BCUT2D eigenvalue weighted by molar-refractivity contribution is 0.177. The topological polar surface area (TPSA) is 50.9 Å². The first-order valence-corrected chi connectivity index (χ1v) is 5.66. The lowest BCUT2D eigenvalue weighted by atomic mass is 10.0. The van der Waals surface area contributed by atoms with Crippen molar-refractivity contribution in [3.8, 4) is 0 Å². The molecule has 1 heterocycles. The molecule has 0 fully saturated rings. The van der Waals surface area contributed by atoms with Crippen LogP contribution in [0.15, 0.2) is 24.4 Å². The third kappa shape index (κ3) is 2.71. The van der Waals surface area contributed by atoms with Crippen molar-refractivity contribution in [3.63, 3.8) is 0 Å². The predicted octanol–water partition coefficient (Wildman–Crippen LogP) is 1.71. The normalized spacial score (nSPS) is 12.7. The maximum atomic E-state index is 10.1. The number of aromatic nitrogens is 3. The van der Waals surface area contributed by atoms with E-state index < -0.39 is 6.10 Å². The zero-order chi connectivity index (χ0) is 12.4. The highest BCUT2D eigenvalue weighted by molar-refractivity contribution is 5.31. The summed E-state index contributed by atoms with van der Waals surface area (Å²) in [5.74, 6) is 0. The first-order valence-electron chi connectivity index (χ1n) is 5.66. The largest absolute Gasteiger partial charge is 0.388 e. The van der Waals surface area contributed by atoms with Gasteiger partial charge in [-0.15, -0.1) is 5.10 Å². The lowest BCUT2D eigenvalue weighted by Gasteiger charge is -2.11. The van der Waals surface area contributed by atoms with E-state index >= 15 is 0 Å². The first kappa shape index (κ1) is 11.8. The maximum Gasteiger partial charge on any atom is 0.0856 e. The SMILES string of the molecule is Cc1ccc(C(O)Cc2cn(C)nn2)cc1C. The molecule has 1 N–H and O–H groups in total. The third-order valence-corrected chi connectivity index (χ3v) is 2.97. The van der Waals surface area contributed by atoms with Crippen molar-refractivity contribution in [1.82, 2.24) is 15.0 Å². The zero-order valence-corrected chi connectivity index (χ0v) is 10.4. The Labute approximate surface area is 101 Å². The van der Waals surface area contributed by atoms with Gasteiger partial charge in [-0.2, -0.15) is 0 Å². The van der Waals surface area contributed by atoms with E-state index in [1.807, 2.05) is 38.4 Å². The molecular formula is C13H17N3O. The Morgan fingerprint density at radius 1 is 1.29 bits per heavy atom. The molecule has 0 bridgehead atoms. The summed E-state index contributed by atoms with van der Waals surface area (Å²) >= 11 is 0.